The highest BCUT2D eigenvalue weighted by molar-refractivity contribution is 5.92. The highest BCUT2D eigenvalue weighted by atomic mass is 16.1. The number of anilines is 1. The van der Waals surface area contributed by atoms with Crippen molar-refractivity contribution < 1.29 is 4.79 Å². The Balaban J connectivity index is 2.16. The number of carbonyl (C=O) groups excluding carboxylic acids is 1. The van der Waals surface area contributed by atoms with E-state index in [0.29, 0.717) is 18.2 Å². The van der Waals surface area contributed by atoms with Crippen LogP contribution in [-0.2, 0) is 0 Å². The standard InChI is InChI=1S/C17H20N4O/c1-4-10-18-16(22)15-11-12(2)19-17(21-15)20-13(3)14-8-6-5-7-9-14/h4-9,11,13H,1,10H2,2-3H3,(H,18,22)(H,19,20,21). The predicted octanol–water partition coefficient (Wildman–Crippen LogP) is 2.87. The minimum Gasteiger partial charge on any atom is -0.348 e. The molecular weight excluding hydrogens is 276 g/mol. The second-order valence-corrected chi connectivity index (χ2v) is 4.99. The SMILES string of the molecule is C=CCNC(=O)c1cc(C)nc(NC(C)c2ccccc2)n1. The van der Waals surface area contributed by atoms with E-state index < -0.39 is 0 Å². The van der Waals surface area contributed by atoms with Crippen LogP contribution < -0.4 is 10.6 Å². The van der Waals surface area contributed by atoms with Gasteiger partial charge in [-0.05, 0) is 25.5 Å². The van der Waals surface area contributed by atoms with Gasteiger partial charge in [0.1, 0.15) is 5.69 Å². The van der Waals surface area contributed by atoms with Gasteiger partial charge in [-0.1, -0.05) is 36.4 Å². The smallest absolute Gasteiger partial charge is 0.270 e. The molecule has 5 heteroatoms. The van der Waals surface area contributed by atoms with Crippen LogP contribution in [0.2, 0.25) is 0 Å². The second-order valence-electron chi connectivity index (χ2n) is 4.99. The average Bonchev–Trinajstić information content (AvgIpc) is 2.52. The van der Waals surface area contributed by atoms with Crippen molar-refractivity contribution in [2.24, 2.45) is 0 Å². The number of nitrogens with one attached hydrogen (secondary N) is 2. The molecule has 1 aromatic heterocycles. The largest absolute Gasteiger partial charge is 0.348 e. The number of benzene rings is 1. The molecule has 1 aromatic carbocycles. The minimum atomic E-state index is -0.235. The van der Waals surface area contributed by atoms with Gasteiger partial charge in [-0.25, -0.2) is 9.97 Å². The van der Waals surface area contributed by atoms with E-state index in [2.05, 4.69) is 27.2 Å². The van der Waals surface area contributed by atoms with Crippen molar-refractivity contribution in [1.29, 1.82) is 0 Å². The summed E-state index contributed by atoms with van der Waals surface area (Å²) >= 11 is 0. The molecule has 0 radical (unpaired) electrons. The fourth-order valence-electron chi connectivity index (χ4n) is 2.02. The predicted molar refractivity (Wildman–Crippen MR) is 87.8 cm³/mol. The second kappa shape index (κ2) is 7.36. The molecule has 2 N–H and O–H groups in total. The van der Waals surface area contributed by atoms with E-state index >= 15 is 0 Å². The maximum absolute atomic E-state index is 12.0. The maximum Gasteiger partial charge on any atom is 0.270 e. The molecule has 22 heavy (non-hydrogen) atoms. The van der Waals surface area contributed by atoms with Crippen LogP contribution in [0.25, 0.3) is 0 Å². The molecule has 114 valence electrons. The lowest BCUT2D eigenvalue weighted by molar-refractivity contribution is 0.0953. The molecule has 2 aromatic rings. The summed E-state index contributed by atoms with van der Waals surface area (Å²) in [7, 11) is 0. The molecule has 0 saturated carbocycles. The molecule has 0 aliphatic rings. The van der Waals surface area contributed by atoms with E-state index in [-0.39, 0.29) is 11.9 Å². The molecule has 1 amide bonds. The number of hydrogen-bond donors (Lipinski definition) is 2. The van der Waals surface area contributed by atoms with Gasteiger partial charge < -0.3 is 10.6 Å². The molecule has 5 nitrogen and oxygen atoms in total. The van der Waals surface area contributed by atoms with Crippen LogP contribution in [0.1, 0.15) is 34.7 Å². The number of aromatic nitrogens is 2. The summed E-state index contributed by atoms with van der Waals surface area (Å²) in [5.41, 5.74) is 2.21. The summed E-state index contributed by atoms with van der Waals surface area (Å²) in [6.45, 7) is 7.85. The summed E-state index contributed by atoms with van der Waals surface area (Å²) in [6.07, 6.45) is 1.63. The Labute approximate surface area is 130 Å². The summed E-state index contributed by atoms with van der Waals surface area (Å²) < 4.78 is 0. The van der Waals surface area contributed by atoms with Crippen LogP contribution in [0.4, 0.5) is 5.95 Å². The fraction of sp³-hybridized carbons (Fsp3) is 0.235. The van der Waals surface area contributed by atoms with Crippen LogP contribution in [0.5, 0.6) is 0 Å². The van der Waals surface area contributed by atoms with Gasteiger partial charge in [0.05, 0.1) is 6.04 Å². The summed E-state index contributed by atoms with van der Waals surface area (Å²) in [4.78, 5) is 20.6. The van der Waals surface area contributed by atoms with E-state index in [9.17, 15) is 4.79 Å². The average molecular weight is 296 g/mol. The number of carbonyl (C=O) groups is 1. The third-order valence-electron chi connectivity index (χ3n) is 3.14. The van der Waals surface area contributed by atoms with Gasteiger partial charge >= 0.3 is 0 Å². The van der Waals surface area contributed by atoms with Crippen LogP contribution in [0.3, 0.4) is 0 Å². The maximum atomic E-state index is 12.0. The molecule has 0 aliphatic carbocycles. The zero-order valence-electron chi connectivity index (χ0n) is 12.8. The van der Waals surface area contributed by atoms with Gasteiger partial charge in [-0.3, -0.25) is 4.79 Å². The van der Waals surface area contributed by atoms with Crippen molar-refractivity contribution in [3.05, 3.63) is 66.0 Å². The highest BCUT2D eigenvalue weighted by Gasteiger charge is 2.12. The number of hydrogen-bond acceptors (Lipinski definition) is 4. The molecule has 1 atom stereocenters. The van der Waals surface area contributed by atoms with E-state index in [1.165, 1.54) is 0 Å². The molecule has 1 unspecified atom stereocenters. The lowest BCUT2D eigenvalue weighted by Crippen LogP contribution is -2.25. The van der Waals surface area contributed by atoms with Gasteiger partial charge in [-0.2, -0.15) is 0 Å². The molecule has 0 bridgehead atoms. The number of nitrogens with zero attached hydrogens (tertiary/aromatic N) is 2. The first-order valence-corrected chi connectivity index (χ1v) is 7.16. The minimum absolute atomic E-state index is 0.0482. The lowest BCUT2D eigenvalue weighted by Gasteiger charge is -2.15. The first-order valence-electron chi connectivity index (χ1n) is 7.16. The Morgan fingerprint density at radius 3 is 2.73 bits per heavy atom. The van der Waals surface area contributed by atoms with E-state index in [1.807, 2.05) is 44.2 Å². The summed E-state index contributed by atoms with van der Waals surface area (Å²) in [5.74, 6) is 0.209. The van der Waals surface area contributed by atoms with Crippen molar-refractivity contribution in [3.8, 4) is 0 Å². The summed E-state index contributed by atoms with van der Waals surface area (Å²) in [6, 6.07) is 11.7. The third kappa shape index (κ3) is 4.15. The Morgan fingerprint density at radius 1 is 1.32 bits per heavy atom. The van der Waals surface area contributed by atoms with Gasteiger partial charge in [0.2, 0.25) is 5.95 Å². The van der Waals surface area contributed by atoms with E-state index in [4.69, 9.17) is 0 Å². The van der Waals surface area contributed by atoms with Crippen molar-refractivity contribution in [1.82, 2.24) is 15.3 Å². The normalized spacial score (nSPS) is 11.5. The summed E-state index contributed by atoms with van der Waals surface area (Å²) in [5, 5.41) is 5.94. The van der Waals surface area contributed by atoms with Crippen molar-refractivity contribution in [3.63, 3.8) is 0 Å². The highest BCUT2D eigenvalue weighted by Crippen LogP contribution is 2.16. The fourth-order valence-corrected chi connectivity index (χ4v) is 2.02. The Hall–Kier alpha value is -2.69. The topological polar surface area (TPSA) is 66.9 Å². The number of aryl methyl sites for hydroxylation is 1. The quantitative estimate of drug-likeness (QED) is 0.804. The van der Waals surface area contributed by atoms with Crippen molar-refractivity contribution >= 4 is 11.9 Å². The van der Waals surface area contributed by atoms with Gasteiger partial charge in [-0.15, -0.1) is 6.58 Å². The lowest BCUT2D eigenvalue weighted by atomic mass is 10.1. The molecule has 0 spiro atoms. The molecule has 1 heterocycles. The molecular formula is C17H20N4O. The zero-order chi connectivity index (χ0) is 15.9. The van der Waals surface area contributed by atoms with Gasteiger partial charge in [0, 0.05) is 12.2 Å². The molecule has 0 saturated heterocycles. The number of rotatable bonds is 6. The Bertz CT molecular complexity index is 655. The first kappa shape index (κ1) is 15.7. The van der Waals surface area contributed by atoms with Crippen molar-refractivity contribution in [2.45, 2.75) is 19.9 Å². The Morgan fingerprint density at radius 2 is 2.05 bits per heavy atom. The van der Waals surface area contributed by atoms with Crippen LogP contribution in [0.15, 0.2) is 49.1 Å². The van der Waals surface area contributed by atoms with Gasteiger partial charge in [0.25, 0.3) is 5.91 Å². The van der Waals surface area contributed by atoms with E-state index in [1.54, 1.807) is 12.1 Å². The van der Waals surface area contributed by atoms with Crippen LogP contribution in [0, 0.1) is 6.92 Å². The Kier molecular flexibility index (Phi) is 5.25. The first-order chi connectivity index (χ1) is 10.6. The van der Waals surface area contributed by atoms with E-state index in [0.717, 1.165) is 11.3 Å². The molecule has 0 aliphatic heterocycles. The van der Waals surface area contributed by atoms with Crippen LogP contribution >= 0.6 is 0 Å². The monoisotopic (exact) mass is 296 g/mol. The van der Waals surface area contributed by atoms with Crippen molar-refractivity contribution in [2.75, 3.05) is 11.9 Å². The third-order valence-corrected chi connectivity index (χ3v) is 3.14. The molecule has 2 rings (SSSR count). The number of amides is 1. The zero-order valence-corrected chi connectivity index (χ0v) is 12.8. The van der Waals surface area contributed by atoms with Gasteiger partial charge in [0.15, 0.2) is 0 Å². The molecule has 0 fully saturated rings. The van der Waals surface area contributed by atoms with Crippen LogP contribution in [-0.4, -0.2) is 22.4 Å².